The average Bonchev–Trinajstić information content (AvgIpc) is 2.26. The van der Waals surface area contributed by atoms with Gasteiger partial charge < -0.3 is 9.47 Å². The first-order chi connectivity index (χ1) is 8.19. The number of rotatable bonds is 2. The van der Waals surface area contributed by atoms with E-state index >= 15 is 0 Å². The molecule has 1 heterocycles. The number of nitrogens with zero attached hydrogens (tertiary/aromatic N) is 1. The Morgan fingerprint density at radius 1 is 1.17 bits per heavy atom. The molecule has 1 aliphatic heterocycles. The van der Waals surface area contributed by atoms with Gasteiger partial charge in [-0.05, 0) is 48.0 Å². The molecular formula is C14H27NO3. The molecule has 0 aromatic carbocycles. The largest absolute Gasteiger partial charge is 0.443 e. The average molecular weight is 257 g/mol. The second kappa shape index (κ2) is 5.47. The Hall–Kier alpha value is -0.770. The number of hydrogen-bond acceptors (Lipinski definition) is 3. The van der Waals surface area contributed by atoms with Crippen molar-refractivity contribution >= 4 is 6.09 Å². The zero-order chi connectivity index (χ0) is 14.1. The standard InChI is InChI=1S/C14H27NO3/c1-8-14(6,7)18-13(16)15-9(2)11(4)17-12(5)10(15)3/h9-12H,8H2,1-7H3. The molecular weight excluding hydrogens is 230 g/mol. The third-order valence-electron chi connectivity index (χ3n) is 4.09. The molecule has 0 aromatic heterocycles. The molecule has 4 nitrogen and oxygen atoms in total. The summed E-state index contributed by atoms with van der Waals surface area (Å²) < 4.78 is 11.4. The van der Waals surface area contributed by atoms with Gasteiger partial charge in [0.1, 0.15) is 5.60 Å². The van der Waals surface area contributed by atoms with Crippen molar-refractivity contribution in [2.75, 3.05) is 0 Å². The van der Waals surface area contributed by atoms with Crippen LogP contribution in [0.2, 0.25) is 0 Å². The summed E-state index contributed by atoms with van der Waals surface area (Å²) in [7, 11) is 0. The summed E-state index contributed by atoms with van der Waals surface area (Å²) in [6.45, 7) is 13.9. The van der Waals surface area contributed by atoms with Gasteiger partial charge in [0, 0.05) is 0 Å². The molecule has 0 aromatic rings. The van der Waals surface area contributed by atoms with Crippen molar-refractivity contribution in [3.8, 4) is 0 Å². The van der Waals surface area contributed by atoms with Crippen LogP contribution in [0.25, 0.3) is 0 Å². The lowest BCUT2D eigenvalue weighted by Gasteiger charge is -2.46. The van der Waals surface area contributed by atoms with Crippen molar-refractivity contribution in [1.29, 1.82) is 0 Å². The SMILES string of the molecule is CCC(C)(C)OC(=O)N1C(C)C(C)OC(C)C1C. The molecule has 0 radical (unpaired) electrons. The summed E-state index contributed by atoms with van der Waals surface area (Å²) >= 11 is 0. The summed E-state index contributed by atoms with van der Waals surface area (Å²) in [4.78, 5) is 14.1. The molecule has 0 bridgehead atoms. The minimum absolute atomic E-state index is 0.0356. The Morgan fingerprint density at radius 2 is 1.61 bits per heavy atom. The predicted octanol–water partition coefficient (Wildman–Crippen LogP) is 3.20. The van der Waals surface area contributed by atoms with Crippen LogP contribution in [0.15, 0.2) is 0 Å². The summed E-state index contributed by atoms with van der Waals surface area (Å²) in [6.07, 6.45) is 0.641. The van der Waals surface area contributed by atoms with Crippen LogP contribution >= 0.6 is 0 Å². The van der Waals surface area contributed by atoms with Crippen molar-refractivity contribution in [1.82, 2.24) is 4.90 Å². The molecule has 1 fully saturated rings. The predicted molar refractivity (Wildman–Crippen MR) is 71.6 cm³/mol. The van der Waals surface area contributed by atoms with Crippen molar-refractivity contribution in [2.45, 2.75) is 84.8 Å². The van der Waals surface area contributed by atoms with E-state index in [1.807, 2.05) is 53.4 Å². The van der Waals surface area contributed by atoms with E-state index in [4.69, 9.17) is 9.47 Å². The van der Waals surface area contributed by atoms with E-state index in [1.165, 1.54) is 0 Å². The Morgan fingerprint density at radius 3 is 2.00 bits per heavy atom. The van der Waals surface area contributed by atoms with Crippen molar-refractivity contribution in [3.63, 3.8) is 0 Å². The molecule has 0 N–H and O–H groups in total. The smallest absolute Gasteiger partial charge is 0.410 e. The highest BCUT2D eigenvalue weighted by atomic mass is 16.6. The fourth-order valence-electron chi connectivity index (χ4n) is 2.08. The van der Waals surface area contributed by atoms with Crippen molar-refractivity contribution in [2.24, 2.45) is 0 Å². The summed E-state index contributed by atoms with van der Waals surface area (Å²) in [5.74, 6) is 0. The lowest BCUT2D eigenvalue weighted by molar-refractivity contribution is -0.127. The van der Waals surface area contributed by atoms with Gasteiger partial charge in [-0.2, -0.15) is 0 Å². The van der Waals surface area contributed by atoms with Crippen LogP contribution in [-0.4, -0.2) is 40.9 Å². The van der Waals surface area contributed by atoms with Gasteiger partial charge in [-0.3, -0.25) is 4.90 Å². The molecule has 4 heteroatoms. The third kappa shape index (κ3) is 3.16. The van der Waals surface area contributed by atoms with E-state index in [0.717, 1.165) is 6.42 Å². The van der Waals surface area contributed by atoms with Crippen LogP contribution in [0.4, 0.5) is 4.79 Å². The van der Waals surface area contributed by atoms with Gasteiger partial charge in [0.15, 0.2) is 0 Å². The van der Waals surface area contributed by atoms with E-state index < -0.39 is 5.60 Å². The van der Waals surface area contributed by atoms with E-state index in [0.29, 0.717) is 0 Å². The van der Waals surface area contributed by atoms with Gasteiger partial charge in [-0.1, -0.05) is 6.92 Å². The lowest BCUT2D eigenvalue weighted by Crippen LogP contribution is -2.60. The highest BCUT2D eigenvalue weighted by molar-refractivity contribution is 5.69. The number of morpholine rings is 1. The van der Waals surface area contributed by atoms with Gasteiger partial charge in [-0.25, -0.2) is 4.79 Å². The molecule has 106 valence electrons. The van der Waals surface area contributed by atoms with Crippen LogP contribution in [0, 0.1) is 0 Å². The molecule has 18 heavy (non-hydrogen) atoms. The molecule has 0 spiro atoms. The Bertz CT molecular complexity index is 289. The molecule has 4 atom stereocenters. The summed E-state index contributed by atoms with van der Waals surface area (Å²) in [6, 6.07) is 0.0766. The normalized spacial score (nSPS) is 33.4. The second-order valence-electron chi connectivity index (χ2n) is 5.92. The Labute approximate surface area is 111 Å². The maximum atomic E-state index is 12.3. The van der Waals surface area contributed by atoms with Crippen LogP contribution in [-0.2, 0) is 9.47 Å². The molecule has 0 aliphatic carbocycles. The fourth-order valence-corrected chi connectivity index (χ4v) is 2.08. The van der Waals surface area contributed by atoms with Crippen molar-refractivity contribution in [3.05, 3.63) is 0 Å². The van der Waals surface area contributed by atoms with Crippen molar-refractivity contribution < 1.29 is 14.3 Å². The maximum Gasteiger partial charge on any atom is 0.410 e. The van der Waals surface area contributed by atoms with Crippen LogP contribution in [0.3, 0.4) is 0 Å². The number of hydrogen-bond donors (Lipinski definition) is 0. The third-order valence-corrected chi connectivity index (χ3v) is 4.09. The number of carbonyl (C=O) groups excluding carboxylic acids is 1. The highest BCUT2D eigenvalue weighted by Crippen LogP contribution is 2.26. The Balaban J connectivity index is 2.81. The van der Waals surface area contributed by atoms with Crippen LogP contribution in [0.1, 0.15) is 54.9 Å². The topological polar surface area (TPSA) is 38.8 Å². The second-order valence-corrected chi connectivity index (χ2v) is 5.92. The summed E-state index contributed by atoms with van der Waals surface area (Å²) in [5, 5.41) is 0. The first kappa shape index (κ1) is 15.3. The zero-order valence-corrected chi connectivity index (χ0v) is 12.7. The van der Waals surface area contributed by atoms with E-state index in [2.05, 4.69) is 0 Å². The molecule has 0 saturated carbocycles. The maximum absolute atomic E-state index is 12.3. The first-order valence-electron chi connectivity index (χ1n) is 6.86. The molecule has 4 unspecified atom stereocenters. The van der Waals surface area contributed by atoms with Gasteiger partial charge in [-0.15, -0.1) is 0 Å². The van der Waals surface area contributed by atoms with Crippen LogP contribution < -0.4 is 0 Å². The van der Waals surface area contributed by atoms with Crippen LogP contribution in [0.5, 0.6) is 0 Å². The number of amides is 1. The van der Waals surface area contributed by atoms with E-state index in [9.17, 15) is 4.79 Å². The highest BCUT2D eigenvalue weighted by Gasteiger charge is 2.40. The fraction of sp³-hybridized carbons (Fsp3) is 0.929. The summed E-state index contributed by atoms with van der Waals surface area (Å²) in [5.41, 5.74) is -0.415. The number of ether oxygens (including phenoxy) is 2. The lowest BCUT2D eigenvalue weighted by atomic mass is 10.0. The minimum atomic E-state index is -0.415. The molecule has 1 aliphatic rings. The van der Waals surface area contributed by atoms with Gasteiger partial charge in [0.25, 0.3) is 0 Å². The van der Waals surface area contributed by atoms with Gasteiger partial charge in [0.2, 0.25) is 0 Å². The first-order valence-corrected chi connectivity index (χ1v) is 6.86. The quantitative estimate of drug-likeness (QED) is 0.762. The monoisotopic (exact) mass is 257 g/mol. The molecule has 1 saturated heterocycles. The minimum Gasteiger partial charge on any atom is -0.443 e. The molecule has 1 rings (SSSR count). The van der Waals surface area contributed by atoms with E-state index in [1.54, 1.807) is 0 Å². The Kier molecular flexibility index (Phi) is 4.65. The number of carbonyl (C=O) groups is 1. The van der Waals surface area contributed by atoms with Gasteiger partial charge >= 0.3 is 6.09 Å². The van der Waals surface area contributed by atoms with E-state index in [-0.39, 0.29) is 30.4 Å². The zero-order valence-electron chi connectivity index (χ0n) is 12.7. The molecule has 1 amide bonds. The van der Waals surface area contributed by atoms with Gasteiger partial charge in [0.05, 0.1) is 24.3 Å².